The maximum absolute atomic E-state index is 12.7. The summed E-state index contributed by atoms with van der Waals surface area (Å²) in [7, 11) is -0.863. The van der Waals surface area contributed by atoms with Crippen LogP contribution in [-0.4, -0.2) is 24.6 Å². The minimum atomic E-state index is -4.49. The predicted molar refractivity (Wildman–Crippen MR) is 72.5 cm³/mol. The second-order valence-electron chi connectivity index (χ2n) is 6.05. The van der Waals surface area contributed by atoms with Crippen molar-refractivity contribution in [3.05, 3.63) is 29.3 Å². The van der Waals surface area contributed by atoms with Crippen LogP contribution in [0.1, 0.15) is 43.6 Å². The quantitative estimate of drug-likeness (QED) is 0.622. The van der Waals surface area contributed by atoms with Gasteiger partial charge in [0.25, 0.3) is 0 Å². The number of aldehydes is 1. The molecule has 0 saturated carbocycles. The van der Waals surface area contributed by atoms with Gasteiger partial charge < -0.3 is 9.31 Å². The second kappa shape index (κ2) is 4.85. The van der Waals surface area contributed by atoms with Gasteiger partial charge in [0.15, 0.2) is 0 Å². The molecule has 2 rings (SSSR count). The molecule has 0 aromatic heterocycles. The molecule has 1 fully saturated rings. The number of rotatable bonds is 2. The van der Waals surface area contributed by atoms with E-state index in [1.165, 1.54) is 6.07 Å². The van der Waals surface area contributed by atoms with E-state index in [2.05, 4.69) is 0 Å². The molecule has 7 heteroatoms. The molecule has 0 unspecified atom stereocenters. The molecule has 0 amide bonds. The summed E-state index contributed by atoms with van der Waals surface area (Å²) in [6.45, 7) is 7.32. The molecule has 1 heterocycles. The summed E-state index contributed by atoms with van der Waals surface area (Å²) < 4.78 is 49.6. The Labute approximate surface area is 121 Å². The zero-order chi connectivity index (χ0) is 16.1. The molecular formula is C14H16BF3O3. The molecule has 0 N–H and O–H groups in total. The van der Waals surface area contributed by atoms with Crippen molar-refractivity contribution in [1.82, 2.24) is 0 Å². The minimum absolute atomic E-state index is 0.0803. The van der Waals surface area contributed by atoms with Gasteiger partial charge in [-0.05, 0) is 39.2 Å². The fourth-order valence-corrected chi connectivity index (χ4v) is 2.04. The predicted octanol–water partition coefficient (Wildman–Crippen LogP) is 2.82. The van der Waals surface area contributed by atoms with Crippen LogP contribution in [0.3, 0.4) is 0 Å². The van der Waals surface area contributed by atoms with Gasteiger partial charge in [-0.3, -0.25) is 4.79 Å². The van der Waals surface area contributed by atoms with Gasteiger partial charge in [-0.2, -0.15) is 13.2 Å². The van der Waals surface area contributed by atoms with Crippen LogP contribution in [0, 0.1) is 0 Å². The van der Waals surface area contributed by atoms with E-state index in [-0.39, 0.29) is 5.56 Å². The van der Waals surface area contributed by atoms with Crippen LogP contribution >= 0.6 is 0 Å². The SMILES string of the molecule is CC1(C)OB(c2ccc(C(F)(F)F)cc2C=O)OC1(C)C. The number of hydrogen-bond donors (Lipinski definition) is 0. The molecule has 0 atom stereocenters. The highest BCUT2D eigenvalue weighted by Crippen LogP contribution is 2.37. The molecule has 3 nitrogen and oxygen atoms in total. The lowest BCUT2D eigenvalue weighted by Crippen LogP contribution is -2.41. The van der Waals surface area contributed by atoms with Crippen molar-refractivity contribution in [2.75, 3.05) is 0 Å². The Morgan fingerprint density at radius 1 is 1.10 bits per heavy atom. The van der Waals surface area contributed by atoms with Crippen molar-refractivity contribution in [1.29, 1.82) is 0 Å². The highest BCUT2D eigenvalue weighted by Gasteiger charge is 2.52. The van der Waals surface area contributed by atoms with Crippen molar-refractivity contribution in [3.63, 3.8) is 0 Å². The Bertz CT molecular complexity index is 551. The summed E-state index contributed by atoms with van der Waals surface area (Å²) in [5, 5.41) is 0. The molecule has 21 heavy (non-hydrogen) atoms. The summed E-state index contributed by atoms with van der Waals surface area (Å²) >= 11 is 0. The number of carbonyl (C=O) groups excluding carboxylic acids is 1. The largest absolute Gasteiger partial charge is 0.495 e. The van der Waals surface area contributed by atoms with Gasteiger partial charge in [-0.1, -0.05) is 12.1 Å². The molecule has 0 aliphatic carbocycles. The summed E-state index contributed by atoms with van der Waals surface area (Å²) in [6.07, 6.45) is -4.11. The molecule has 1 saturated heterocycles. The Hall–Kier alpha value is -1.34. The summed E-state index contributed by atoms with van der Waals surface area (Å²) in [5.41, 5.74) is -1.90. The summed E-state index contributed by atoms with van der Waals surface area (Å²) in [5.74, 6) is 0. The molecule has 1 aromatic carbocycles. The van der Waals surface area contributed by atoms with Crippen molar-refractivity contribution in [2.45, 2.75) is 45.1 Å². The van der Waals surface area contributed by atoms with Gasteiger partial charge in [0, 0.05) is 5.56 Å². The first-order valence-corrected chi connectivity index (χ1v) is 6.50. The van der Waals surface area contributed by atoms with Crippen molar-refractivity contribution >= 4 is 18.9 Å². The second-order valence-corrected chi connectivity index (χ2v) is 6.05. The highest BCUT2D eigenvalue weighted by molar-refractivity contribution is 6.63. The monoisotopic (exact) mass is 300 g/mol. The topological polar surface area (TPSA) is 35.5 Å². The van der Waals surface area contributed by atoms with Crippen LogP contribution in [0.5, 0.6) is 0 Å². The van der Waals surface area contributed by atoms with E-state index in [9.17, 15) is 18.0 Å². The van der Waals surface area contributed by atoms with E-state index in [0.717, 1.165) is 12.1 Å². The van der Waals surface area contributed by atoms with Crippen LogP contribution in [0.2, 0.25) is 0 Å². The number of hydrogen-bond acceptors (Lipinski definition) is 3. The average molecular weight is 300 g/mol. The lowest BCUT2D eigenvalue weighted by Gasteiger charge is -2.32. The lowest BCUT2D eigenvalue weighted by atomic mass is 9.75. The van der Waals surface area contributed by atoms with Gasteiger partial charge in [0.05, 0.1) is 16.8 Å². The van der Waals surface area contributed by atoms with Gasteiger partial charge >= 0.3 is 13.3 Å². The number of halogens is 3. The van der Waals surface area contributed by atoms with E-state index in [1.807, 2.05) is 27.7 Å². The van der Waals surface area contributed by atoms with Crippen LogP contribution in [0.25, 0.3) is 0 Å². The summed E-state index contributed by atoms with van der Waals surface area (Å²) in [4.78, 5) is 11.1. The zero-order valence-electron chi connectivity index (χ0n) is 12.2. The summed E-state index contributed by atoms with van der Waals surface area (Å²) in [6, 6.07) is 2.97. The lowest BCUT2D eigenvalue weighted by molar-refractivity contribution is -0.137. The molecule has 1 aromatic rings. The van der Waals surface area contributed by atoms with Crippen LogP contribution in [0.4, 0.5) is 13.2 Å². The molecule has 0 bridgehead atoms. The maximum Gasteiger partial charge on any atom is 0.495 e. The van der Waals surface area contributed by atoms with Gasteiger partial charge in [-0.25, -0.2) is 0 Å². The maximum atomic E-state index is 12.7. The molecule has 0 radical (unpaired) electrons. The Morgan fingerprint density at radius 3 is 2.05 bits per heavy atom. The first-order valence-electron chi connectivity index (χ1n) is 6.50. The van der Waals surface area contributed by atoms with E-state index < -0.39 is 30.1 Å². The third-order valence-electron chi connectivity index (χ3n) is 4.05. The Morgan fingerprint density at radius 2 is 1.62 bits per heavy atom. The van der Waals surface area contributed by atoms with Crippen molar-refractivity contribution in [2.24, 2.45) is 0 Å². The fourth-order valence-electron chi connectivity index (χ4n) is 2.04. The number of carbonyl (C=O) groups is 1. The Kier molecular flexibility index (Phi) is 3.70. The number of alkyl halides is 3. The normalized spacial score (nSPS) is 20.6. The highest BCUT2D eigenvalue weighted by atomic mass is 19.4. The number of benzene rings is 1. The van der Waals surface area contributed by atoms with Crippen molar-refractivity contribution in [3.8, 4) is 0 Å². The third kappa shape index (κ3) is 2.85. The van der Waals surface area contributed by atoms with Gasteiger partial charge in [-0.15, -0.1) is 0 Å². The zero-order valence-corrected chi connectivity index (χ0v) is 12.2. The van der Waals surface area contributed by atoms with E-state index >= 15 is 0 Å². The van der Waals surface area contributed by atoms with E-state index in [0.29, 0.717) is 11.7 Å². The first-order chi connectivity index (χ1) is 9.48. The smallest absolute Gasteiger partial charge is 0.399 e. The molecule has 1 aliphatic rings. The van der Waals surface area contributed by atoms with Crippen LogP contribution in [-0.2, 0) is 15.5 Å². The average Bonchev–Trinajstić information content (AvgIpc) is 2.56. The molecule has 0 spiro atoms. The standard InChI is InChI=1S/C14H16BF3O3/c1-12(2)13(3,4)21-15(20-12)11-6-5-10(14(16,17)18)7-9(11)8-19/h5-8H,1-4H3. The van der Waals surface area contributed by atoms with E-state index in [1.54, 1.807) is 0 Å². The molecule has 1 aliphatic heterocycles. The first kappa shape index (κ1) is 16.0. The van der Waals surface area contributed by atoms with Crippen LogP contribution < -0.4 is 5.46 Å². The molecule has 114 valence electrons. The minimum Gasteiger partial charge on any atom is -0.399 e. The molecular weight excluding hydrogens is 284 g/mol. The van der Waals surface area contributed by atoms with Gasteiger partial charge in [0.2, 0.25) is 0 Å². The van der Waals surface area contributed by atoms with Crippen molar-refractivity contribution < 1.29 is 27.3 Å². The van der Waals surface area contributed by atoms with E-state index in [4.69, 9.17) is 9.31 Å². The fraction of sp³-hybridized carbons (Fsp3) is 0.500. The van der Waals surface area contributed by atoms with Crippen LogP contribution in [0.15, 0.2) is 18.2 Å². The van der Waals surface area contributed by atoms with Gasteiger partial charge in [0.1, 0.15) is 6.29 Å². The Balaban J connectivity index is 2.40. The third-order valence-corrected chi connectivity index (χ3v) is 4.05.